The molecule has 4 heteroatoms. The van der Waals surface area contributed by atoms with Gasteiger partial charge in [0.05, 0.1) is 0 Å². The Hall–Kier alpha value is -1.00. The van der Waals surface area contributed by atoms with E-state index in [1.165, 1.54) is 6.42 Å². The highest BCUT2D eigenvalue weighted by Gasteiger charge is 2.13. The van der Waals surface area contributed by atoms with Crippen molar-refractivity contribution >= 4 is 22.9 Å². The third kappa shape index (κ3) is 4.25. The fourth-order valence-electron chi connectivity index (χ4n) is 2.09. The van der Waals surface area contributed by atoms with Crippen molar-refractivity contribution in [2.24, 2.45) is 0 Å². The molecule has 1 aromatic heterocycles. The predicted octanol–water partition coefficient (Wildman–Crippen LogP) is 4.09. The number of para-hydroxylation sites is 2. The van der Waals surface area contributed by atoms with Crippen LogP contribution in [0.2, 0.25) is 0 Å². The summed E-state index contributed by atoms with van der Waals surface area (Å²) in [6.45, 7) is 7.74. The van der Waals surface area contributed by atoms with E-state index in [-0.39, 0.29) is 0 Å². The minimum atomic E-state index is 0.493. The smallest absolute Gasteiger partial charge is 0.256 e. The molecule has 0 bridgehead atoms. The quantitative estimate of drug-likeness (QED) is 0.774. The van der Waals surface area contributed by atoms with Crippen LogP contribution in [0.25, 0.3) is 11.1 Å². The Balaban J connectivity index is 1.89. The largest absolute Gasteiger partial charge is 0.431 e. The van der Waals surface area contributed by atoms with Gasteiger partial charge in [0.25, 0.3) is 5.22 Å². The van der Waals surface area contributed by atoms with Gasteiger partial charge in [-0.3, -0.25) is 0 Å². The zero-order valence-corrected chi connectivity index (χ0v) is 12.7. The Morgan fingerprint density at radius 1 is 1.32 bits per heavy atom. The third-order valence-corrected chi connectivity index (χ3v) is 3.98. The van der Waals surface area contributed by atoms with E-state index in [9.17, 15) is 0 Å². The molecule has 1 aromatic carbocycles. The SMILES string of the molecule is CCCNC(C)CC(C)Sc1nc2ccccc2o1. The summed E-state index contributed by atoms with van der Waals surface area (Å²) >= 11 is 1.71. The van der Waals surface area contributed by atoms with Crippen LogP contribution in [0.4, 0.5) is 0 Å². The summed E-state index contributed by atoms with van der Waals surface area (Å²) in [7, 11) is 0. The molecule has 0 saturated heterocycles. The number of benzene rings is 1. The van der Waals surface area contributed by atoms with Crippen LogP contribution in [-0.2, 0) is 0 Å². The molecule has 0 spiro atoms. The molecule has 19 heavy (non-hydrogen) atoms. The summed E-state index contributed by atoms with van der Waals surface area (Å²) < 4.78 is 5.73. The molecule has 1 heterocycles. The topological polar surface area (TPSA) is 38.1 Å². The molecule has 0 aliphatic carbocycles. The molecule has 2 rings (SSSR count). The molecule has 2 unspecified atom stereocenters. The molecule has 0 amide bonds. The lowest BCUT2D eigenvalue weighted by Crippen LogP contribution is -2.29. The van der Waals surface area contributed by atoms with Gasteiger partial charge in [-0.05, 0) is 38.4 Å². The summed E-state index contributed by atoms with van der Waals surface area (Å²) in [6, 6.07) is 8.44. The lowest BCUT2D eigenvalue weighted by atomic mass is 10.2. The number of oxazole rings is 1. The number of hydrogen-bond acceptors (Lipinski definition) is 4. The summed E-state index contributed by atoms with van der Waals surface area (Å²) in [5, 5.41) is 4.78. The molecule has 0 saturated carbocycles. The first-order valence-electron chi connectivity index (χ1n) is 6.94. The van der Waals surface area contributed by atoms with Crippen molar-refractivity contribution in [1.82, 2.24) is 10.3 Å². The van der Waals surface area contributed by atoms with Gasteiger partial charge < -0.3 is 9.73 Å². The van der Waals surface area contributed by atoms with Gasteiger partial charge in [-0.25, -0.2) is 4.98 Å². The van der Waals surface area contributed by atoms with Crippen LogP contribution in [0, 0.1) is 0 Å². The first-order chi connectivity index (χ1) is 9.19. The van der Waals surface area contributed by atoms with Gasteiger partial charge in [0.2, 0.25) is 0 Å². The number of thioether (sulfide) groups is 1. The van der Waals surface area contributed by atoms with Crippen molar-refractivity contribution in [3.05, 3.63) is 24.3 Å². The van der Waals surface area contributed by atoms with Crippen LogP contribution in [0.15, 0.2) is 33.9 Å². The maximum atomic E-state index is 5.73. The van der Waals surface area contributed by atoms with Crippen LogP contribution < -0.4 is 5.32 Å². The Morgan fingerprint density at radius 3 is 2.84 bits per heavy atom. The van der Waals surface area contributed by atoms with Crippen molar-refractivity contribution in [3.8, 4) is 0 Å². The monoisotopic (exact) mass is 278 g/mol. The minimum Gasteiger partial charge on any atom is -0.431 e. The second-order valence-corrected chi connectivity index (χ2v) is 6.36. The summed E-state index contributed by atoms with van der Waals surface area (Å²) in [5.41, 5.74) is 1.81. The van der Waals surface area contributed by atoms with E-state index < -0.39 is 0 Å². The minimum absolute atomic E-state index is 0.493. The second-order valence-electron chi connectivity index (χ2n) is 4.97. The van der Waals surface area contributed by atoms with Gasteiger partial charge in [0.1, 0.15) is 5.52 Å². The molecule has 2 atom stereocenters. The Kier molecular flexibility index (Phi) is 5.28. The van der Waals surface area contributed by atoms with Crippen LogP contribution in [0.5, 0.6) is 0 Å². The zero-order chi connectivity index (χ0) is 13.7. The average molecular weight is 278 g/mol. The van der Waals surface area contributed by atoms with Crippen LogP contribution in [0.3, 0.4) is 0 Å². The molecule has 0 radical (unpaired) electrons. The van der Waals surface area contributed by atoms with E-state index in [2.05, 4.69) is 31.1 Å². The van der Waals surface area contributed by atoms with E-state index in [4.69, 9.17) is 4.42 Å². The molecule has 0 fully saturated rings. The van der Waals surface area contributed by atoms with E-state index in [0.29, 0.717) is 11.3 Å². The molecule has 0 aliphatic rings. The van der Waals surface area contributed by atoms with Gasteiger partial charge in [0, 0.05) is 11.3 Å². The number of fused-ring (bicyclic) bond motifs is 1. The maximum Gasteiger partial charge on any atom is 0.256 e. The number of nitrogens with zero attached hydrogens (tertiary/aromatic N) is 1. The van der Waals surface area contributed by atoms with Crippen molar-refractivity contribution in [3.63, 3.8) is 0 Å². The molecule has 2 aromatic rings. The van der Waals surface area contributed by atoms with Gasteiger partial charge in [-0.1, -0.05) is 37.7 Å². The normalized spacial score (nSPS) is 14.7. The van der Waals surface area contributed by atoms with Gasteiger partial charge >= 0.3 is 0 Å². The van der Waals surface area contributed by atoms with Gasteiger partial charge in [-0.2, -0.15) is 0 Å². The Bertz CT molecular complexity index is 479. The molecule has 3 nitrogen and oxygen atoms in total. The van der Waals surface area contributed by atoms with Crippen LogP contribution >= 0.6 is 11.8 Å². The van der Waals surface area contributed by atoms with Crippen molar-refractivity contribution in [1.29, 1.82) is 0 Å². The molecule has 0 aliphatic heterocycles. The zero-order valence-electron chi connectivity index (χ0n) is 11.8. The Morgan fingerprint density at radius 2 is 2.11 bits per heavy atom. The molecule has 1 N–H and O–H groups in total. The van der Waals surface area contributed by atoms with Crippen molar-refractivity contribution in [2.75, 3.05) is 6.54 Å². The highest BCUT2D eigenvalue weighted by atomic mass is 32.2. The van der Waals surface area contributed by atoms with Gasteiger partial charge in [0.15, 0.2) is 5.58 Å². The second kappa shape index (κ2) is 6.96. The maximum absolute atomic E-state index is 5.73. The highest BCUT2D eigenvalue weighted by molar-refractivity contribution is 7.99. The third-order valence-electron chi connectivity index (χ3n) is 3.00. The van der Waals surface area contributed by atoms with Crippen LogP contribution in [0.1, 0.15) is 33.6 Å². The fourth-order valence-corrected chi connectivity index (χ4v) is 3.11. The summed E-state index contributed by atoms with van der Waals surface area (Å²) in [4.78, 5) is 4.50. The average Bonchev–Trinajstić information content (AvgIpc) is 2.78. The lowest BCUT2D eigenvalue weighted by Gasteiger charge is -2.16. The van der Waals surface area contributed by atoms with E-state index in [1.54, 1.807) is 11.8 Å². The standard InChI is InChI=1S/C15H22N2OS/c1-4-9-16-11(2)10-12(3)19-15-17-13-7-5-6-8-14(13)18-15/h5-8,11-12,16H,4,9-10H2,1-3H3. The fraction of sp³-hybridized carbons (Fsp3) is 0.533. The van der Waals surface area contributed by atoms with E-state index >= 15 is 0 Å². The number of aromatic nitrogens is 1. The predicted molar refractivity (Wildman–Crippen MR) is 81.7 cm³/mol. The van der Waals surface area contributed by atoms with E-state index in [0.717, 1.165) is 29.3 Å². The van der Waals surface area contributed by atoms with Gasteiger partial charge in [-0.15, -0.1) is 0 Å². The number of nitrogens with one attached hydrogen (secondary N) is 1. The Labute approximate surface area is 119 Å². The van der Waals surface area contributed by atoms with Crippen molar-refractivity contribution in [2.45, 2.75) is 50.1 Å². The first-order valence-corrected chi connectivity index (χ1v) is 7.82. The van der Waals surface area contributed by atoms with Crippen LogP contribution in [-0.4, -0.2) is 22.8 Å². The number of rotatable bonds is 7. The summed E-state index contributed by atoms with van der Waals surface area (Å²) in [6.07, 6.45) is 2.29. The van der Waals surface area contributed by atoms with Crippen molar-refractivity contribution < 1.29 is 4.42 Å². The molecular weight excluding hydrogens is 256 g/mol. The van der Waals surface area contributed by atoms with E-state index in [1.807, 2.05) is 24.3 Å². The number of hydrogen-bond donors (Lipinski definition) is 1. The molecule has 104 valence electrons. The summed E-state index contributed by atoms with van der Waals surface area (Å²) in [5.74, 6) is 0. The first kappa shape index (κ1) is 14.4. The highest BCUT2D eigenvalue weighted by Crippen LogP contribution is 2.28. The lowest BCUT2D eigenvalue weighted by molar-refractivity contribution is 0.482. The molecular formula is C15H22N2OS.